The number of nitrogens with two attached hydrogens (primary N) is 1. The van der Waals surface area contributed by atoms with Crippen molar-refractivity contribution in [3.63, 3.8) is 0 Å². The van der Waals surface area contributed by atoms with Crippen molar-refractivity contribution < 1.29 is 8.42 Å². The molecule has 0 aromatic heterocycles. The van der Waals surface area contributed by atoms with Crippen molar-refractivity contribution in [1.29, 1.82) is 0 Å². The van der Waals surface area contributed by atoms with Crippen molar-refractivity contribution in [3.8, 4) is 0 Å². The predicted octanol–water partition coefficient (Wildman–Crippen LogP) is 2.25. The number of nitrogen functional groups attached to an aromatic ring is 1. The highest BCUT2D eigenvalue weighted by Crippen LogP contribution is 2.31. The Morgan fingerprint density at radius 3 is 2.37 bits per heavy atom. The predicted molar refractivity (Wildman–Crippen MR) is 76.6 cm³/mol. The van der Waals surface area contributed by atoms with Crippen LogP contribution in [0.25, 0.3) is 0 Å². The van der Waals surface area contributed by atoms with Gasteiger partial charge in [-0.3, -0.25) is 0 Å². The highest BCUT2D eigenvalue weighted by Gasteiger charge is 2.25. The summed E-state index contributed by atoms with van der Waals surface area (Å²) in [6.45, 7) is 1.37. The summed E-state index contributed by atoms with van der Waals surface area (Å²) in [7, 11) is -3.78. The first-order valence-electron chi connectivity index (χ1n) is 5.92. The van der Waals surface area contributed by atoms with Gasteiger partial charge in [-0.1, -0.05) is 29.6 Å². The highest BCUT2D eigenvalue weighted by atomic mass is 35.5. The molecule has 0 saturated carbocycles. The Balaban J connectivity index is 2.29. The average molecular weight is 324 g/mol. The van der Waals surface area contributed by atoms with Gasteiger partial charge in [-0.05, 0) is 25.0 Å². The fraction of sp³-hybridized carbons (Fsp3) is 0.455. The fourth-order valence-corrected chi connectivity index (χ4v) is 4.18. The number of halogens is 2. The number of hydrogen-bond acceptors (Lipinski definition) is 4. The van der Waals surface area contributed by atoms with Crippen molar-refractivity contribution in [3.05, 3.63) is 22.2 Å². The summed E-state index contributed by atoms with van der Waals surface area (Å²) < 4.78 is 24.6. The first-order valence-corrected chi connectivity index (χ1v) is 8.16. The summed E-state index contributed by atoms with van der Waals surface area (Å²) >= 11 is 11.7. The standard InChI is InChI=1S/C11H15Cl2N3O2S/c12-8-6-9(13)11(10(14)7-8)19(17,18)15-16-4-2-1-3-5-16/h6-7,15H,1-5,14H2. The van der Waals surface area contributed by atoms with E-state index in [1.807, 2.05) is 0 Å². The summed E-state index contributed by atoms with van der Waals surface area (Å²) in [6.07, 6.45) is 3.04. The minimum Gasteiger partial charge on any atom is -0.398 e. The lowest BCUT2D eigenvalue weighted by Crippen LogP contribution is -2.45. The summed E-state index contributed by atoms with van der Waals surface area (Å²) in [5.41, 5.74) is 5.75. The third-order valence-corrected chi connectivity index (χ3v) is 5.03. The number of rotatable bonds is 3. The first kappa shape index (κ1) is 14.9. The first-order chi connectivity index (χ1) is 8.90. The molecule has 5 nitrogen and oxygen atoms in total. The van der Waals surface area contributed by atoms with Crippen LogP contribution in [0.4, 0.5) is 5.69 Å². The normalized spacial score (nSPS) is 17.6. The molecule has 0 bridgehead atoms. The third kappa shape index (κ3) is 3.52. The van der Waals surface area contributed by atoms with Crippen LogP contribution in [0.3, 0.4) is 0 Å². The lowest BCUT2D eigenvalue weighted by molar-refractivity contribution is 0.200. The van der Waals surface area contributed by atoms with E-state index in [1.165, 1.54) is 12.1 Å². The zero-order valence-corrected chi connectivity index (χ0v) is 12.5. The summed E-state index contributed by atoms with van der Waals surface area (Å²) in [5.74, 6) is 0. The number of hydrazine groups is 1. The molecule has 0 radical (unpaired) electrons. The van der Waals surface area contributed by atoms with E-state index in [0.717, 1.165) is 19.3 Å². The van der Waals surface area contributed by atoms with E-state index >= 15 is 0 Å². The molecule has 106 valence electrons. The molecule has 3 N–H and O–H groups in total. The third-order valence-electron chi connectivity index (χ3n) is 2.91. The molecule has 0 amide bonds. The van der Waals surface area contributed by atoms with E-state index in [0.29, 0.717) is 18.1 Å². The van der Waals surface area contributed by atoms with Gasteiger partial charge in [-0.25, -0.2) is 13.4 Å². The minimum absolute atomic E-state index is 0.0227. The molecule has 0 aliphatic carbocycles. The van der Waals surface area contributed by atoms with E-state index in [-0.39, 0.29) is 15.6 Å². The molecule has 19 heavy (non-hydrogen) atoms. The Morgan fingerprint density at radius 1 is 1.16 bits per heavy atom. The van der Waals surface area contributed by atoms with Crippen LogP contribution in [-0.2, 0) is 10.0 Å². The molecule has 1 aromatic carbocycles. The van der Waals surface area contributed by atoms with Crippen molar-refractivity contribution in [1.82, 2.24) is 9.84 Å². The van der Waals surface area contributed by atoms with Gasteiger partial charge in [0.05, 0.1) is 10.7 Å². The minimum atomic E-state index is -3.78. The van der Waals surface area contributed by atoms with Crippen LogP contribution in [0.2, 0.25) is 10.0 Å². The Morgan fingerprint density at radius 2 is 1.79 bits per heavy atom. The van der Waals surface area contributed by atoms with Gasteiger partial charge >= 0.3 is 0 Å². The van der Waals surface area contributed by atoms with E-state index in [9.17, 15) is 8.42 Å². The van der Waals surface area contributed by atoms with Gasteiger partial charge in [0.15, 0.2) is 0 Å². The maximum absolute atomic E-state index is 12.3. The number of hydrogen-bond donors (Lipinski definition) is 2. The summed E-state index contributed by atoms with van der Waals surface area (Å²) in [6, 6.07) is 2.74. The van der Waals surface area contributed by atoms with E-state index in [1.54, 1.807) is 5.01 Å². The van der Waals surface area contributed by atoms with Gasteiger partial charge in [0.1, 0.15) is 4.90 Å². The molecule has 1 heterocycles. The second-order valence-electron chi connectivity index (χ2n) is 4.45. The molecule has 1 saturated heterocycles. The smallest absolute Gasteiger partial charge is 0.256 e. The molecule has 1 fully saturated rings. The zero-order chi connectivity index (χ0) is 14.0. The molecular formula is C11H15Cl2N3O2S. The van der Waals surface area contributed by atoms with Crippen LogP contribution in [0.15, 0.2) is 17.0 Å². The molecule has 0 atom stereocenters. The largest absolute Gasteiger partial charge is 0.398 e. The Bertz CT molecular complexity index is 548. The molecule has 1 aliphatic heterocycles. The average Bonchev–Trinajstić information content (AvgIpc) is 2.27. The number of sulfonamides is 1. The van der Waals surface area contributed by atoms with Crippen LogP contribution < -0.4 is 10.6 Å². The number of nitrogens with zero attached hydrogens (tertiary/aromatic N) is 1. The number of benzene rings is 1. The van der Waals surface area contributed by atoms with Gasteiger partial charge < -0.3 is 5.73 Å². The summed E-state index contributed by atoms with van der Waals surface area (Å²) in [4.78, 5) is 2.39. The van der Waals surface area contributed by atoms with Crippen molar-refractivity contribution in [2.75, 3.05) is 18.8 Å². The molecular weight excluding hydrogens is 309 g/mol. The molecule has 1 aromatic rings. The molecule has 0 spiro atoms. The van der Waals surface area contributed by atoms with Crippen LogP contribution in [0.5, 0.6) is 0 Å². The van der Waals surface area contributed by atoms with Crippen LogP contribution in [-0.4, -0.2) is 26.5 Å². The maximum atomic E-state index is 12.3. The maximum Gasteiger partial charge on any atom is 0.256 e. The Labute approximate surface area is 122 Å². The highest BCUT2D eigenvalue weighted by molar-refractivity contribution is 7.89. The topological polar surface area (TPSA) is 75.4 Å². The molecule has 1 aliphatic rings. The van der Waals surface area contributed by atoms with Crippen molar-refractivity contribution >= 4 is 38.9 Å². The summed E-state index contributed by atoms with van der Waals surface area (Å²) in [5, 5.41) is 2.00. The van der Waals surface area contributed by atoms with Gasteiger partial charge in [-0.15, -0.1) is 4.83 Å². The van der Waals surface area contributed by atoms with Crippen LogP contribution in [0, 0.1) is 0 Å². The van der Waals surface area contributed by atoms with E-state index in [4.69, 9.17) is 28.9 Å². The van der Waals surface area contributed by atoms with Crippen LogP contribution >= 0.6 is 23.2 Å². The molecule has 0 unspecified atom stereocenters. The Kier molecular flexibility index (Phi) is 4.58. The lowest BCUT2D eigenvalue weighted by atomic mass is 10.2. The second kappa shape index (κ2) is 5.85. The van der Waals surface area contributed by atoms with Crippen molar-refractivity contribution in [2.24, 2.45) is 0 Å². The van der Waals surface area contributed by atoms with Gasteiger partial charge in [0.25, 0.3) is 10.0 Å². The van der Waals surface area contributed by atoms with Gasteiger partial charge in [-0.2, -0.15) is 0 Å². The van der Waals surface area contributed by atoms with Gasteiger partial charge in [0.2, 0.25) is 0 Å². The molecule has 2 rings (SSSR count). The Hall–Kier alpha value is -0.530. The number of piperidine rings is 1. The zero-order valence-electron chi connectivity index (χ0n) is 10.2. The van der Waals surface area contributed by atoms with E-state index in [2.05, 4.69) is 4.83 Å². The molecule has 8 heteroatoms. The van der Waals surface area contributed by atoms with E-state index < -0.39 is 10.0 Å². The monoisotopic (exact) mass is 323 g/mol. The van der Waals surface area contributed by atoms with Crippen molar-refractivity contribution in [2.45, 2.75) is 24.2 Å². The van der Waals surface area contributed by atoms with Crippen LogP contribution in [0.1, 0.15) is 19.3 Å². The number of anilines is 1. The van der Waals surface area contributed by atoms with Gasteiger partial charge in [0, 0.05) is 18.1 Å². The quantitative estimate of drug-likeness (QED) is 0.836. The fourth-order valence-electron chi connectivity index (χ4n) is 2.06. The lowest BCUT2D eigenvalue weighted by Gasteiger charge is -2.27. The second-order valence-corrected chi connectivity index (χ2v) is 6.89. The SMILES string of the molecule is Nc1cc(Cl)cc(Cl)c1S(=O)(=O)NN1CCCCC1. The number of nitrogens with one attached hydrogen (secondary N) is 1.